The number of ether oxygens (including phenoxy) is 1. The molecular weight excluding hydrogens is 362 g/mol. The summed E-state index contributed by atoms with van der Waals surface area (Å²) in [6, 6.07) is 16.9. The van der Waals surface area contributed by atoms with Gasteiger partial charge >= 0.3 is 0 Å². The van der Waals surface area contributed by atoms with E-state index in [0.717, 1.165) is 22.5 Å². The first-order chi connectivity index (χ1) is 13.0. The lowest BCUT2D eigenvalue weighted by atomic mass is 10.1. The van der Waals surface area contributed by atoms with Crippen molar-refractivity contribution >= 4 is 34.7 Å². The molecule has 0 radical (unpaired) electrons. The van der Waals surface area contributed by atoms with Crippen LogP contribution in [0.5, 0.6) is 5.75 Å². The predicted octanol–water partition coefficient (Wildman–Crippen LogP) is 4.98. The van der Waals surface area contributed by atoms with Crippen molar-refractivity contribution in [2.75, 3.05) is 17.7 Å². The standard InChI is InChI=1S/C21H20ClN3O2/c1-14-5-3-4-6-15(14)11-21(26)25-20-10-8-17(13-23-20)24-16-7-9-19(27-2)18(22)12-16/h3-10,12-13,24H,11H2,1-2H3,(H,23,25,26). The highest BCUT2D eigenvalue weighted by atomic mass is 35.5. The molecule has 3 aromatic rings. The van der Waals surface area contributed by atoms with Crippen LogP contribution in [0, 0.1) is 6.92 Å². The average Bonchev–Trinajstić information content (AvgIpc) is 2.65. The van der Waals surface area contributed by atoms with Crippen LogP contribution in [-0.2, 0) is 11.2 Å². The first-order valence-corrected chi connectivity index (χ1v) is 8.84. The normalized spacial score (nSPS) is 10.3. The van der Waals surface area contributed by atoms with E-state index in [2.05, 4.69) is 15.6 Å². The van der Waals surface area contributed by atoms with Crippen molar-refractivity contribution in [1.82, 2.24) is 4.98 Å². The number of methoxy groups -OCH3 is 1. The van der Waals surface area contributed by atoms with E-state index in [1.807, 2.05) is 43.3 Å². The summed E-state index contributed by atoms with van der Waals surface area (Å²) in [6.45, 7) is 1.99. The molecule has 0 aliphatic carbocycles. The summed E-state index contributed by atoms with van der Waals surface area (Å²) >= 11 is 6.13. The number of rotatable bonds is 6. The van der Waals surface area contributed by atoms with Gasteiger partial charge in [0.25, 0.3) is 0 Å². The SMILES string of the molecule is COc1ccc(Nc2ccc(NC(=O)Cc3ccccc3C)nc2)cc1Cl. The third-order valence-corrected chi connectivity index (χ3v) is 4.38. The zero-order chi connectivity index (χ0) is 19.2. The fourth-order valence-electron chi connectivity index (χ4n) is 2.62. The molecule has 3 rings (SSSR count). The molecule has 0 bridgehead atoms. The maximum Gasteiger partial charge on any atom is 0.229 e. The third-order valence-electron chi connectivity index (χ3n) is 4.08. The molecule has 0 fully saturated rings. The van der Waals surface area contributed by atoms with Gasteiger partial charge in [0.05, 0.1) is 30.4 Å². The number of hydrogen-bond acceptors (Lipinski definition) is 4. The van der Waals surface area contributed by atoms with Crippen molar-refractivity contribution in [3.8, 4) is 5.75 Å². The highest BCUT2D eigenvalue weighted by molar-refractivity contribution is 6.32. The predicted molar refractivity (Wildman–Crippen MR) is 109 cm³/mol. The Labute approximate surface area is 163 Å². The molecule has 2 aromatic carbocycles. The van der Waals surface area contributed by atoms with Gasteiger partial charge in [-0.2, -0.15) is 0 Å². The van der Waals surface area contributed by atoms with Gasteiger partial charge in [-0.05, 0) is 48.4 Å². The molecular formula is C21H20ClN3O2. The van der Waals surface area contributed by atoms with Crippen molar-refractivity contribution in [1.29, 1.82) is 0 Å². The lowest BCUT2D eigenvalue weighted by Crippen LogP contribution is -2.15. The minimum absolute atomic E-state index is 0.0977. The number of pyridine rings is 1. The van der Waals surface area contributed by atoms with Gasteiger partial charge < -0.3 is 15.4 Å². The number of halogens is 1. The highest BCUT2D eigenvalue weighted by Crippen LogP contribution is 2.28. The second-order valence-corrected chi connectivity index (χ2v) is 6.47. The molecule has 1 amide bonds. The Hall–Kier alpha value is -3.05. The van der Waals surface area contributed by atoms with E-state index in [9.17, 15) is 4.79 Å². The van der Waals surface area contributed by atoms with Gasteiger partial charge in [0.15, 0.2) is 0 Å². The van der Waals surface area contributed by atoms with Crippen LogP contribution in [0.15, 0.2) is 60.8 Å². The molecule has 2 N–H and O–H groups in total. The maximum absolute atomic E-state index is 12.2. The molecule has 138 valence electrons. The summed E-state index contributed by atoms with van der Waals surface area (Å²) in [5, 5.41) is 6.55. The van der Waals surface area contributed by atoms with Crippen LogP contribution in [0.4, 0.5) is 17.2 Å². The van der Waals surface area contributed by atoms with Crippen LogP contribution in [0.1, 0.15) is 11.1 Å². The van der Waals surface area contributed by atoms with E-state index in [1.54, 1.807) is 31.5 Å². The van der Waals surface area contributed by atoms with Gasteiger partial charge in [0.2, 0.25) is 5.91 Å². The summed E-state index contributed by atoms with van der Waals surface area (Å²) in [4.78, 5) is 16.5. The van der Waals surface area contributed by atoms with Crippen LogP contribution < -0.4 is 15.4 Å². The first kappa shape index (κ1) is 18.7. The van der Waals surface area contributed by atoms with Crippen LogP contribution >= 0.6 is 11.6 Å². The molecule has 1 heterocycles. The number of aryl methyl sites for hydroxylation is 1. The average molecular weight is 382 g/mol. The second kappa shape index (κ2) is 8.56. The highest BCUT2D eigenvalue weighted by Gasteiger charge is 2.07. The number of nitrogens with zero attached hydrogens (tertiary/aromatic N) is 1. The van der Waals surface area contributed by atoms with Crippen molar-refractivity contribution in [2.45, 2.75) is 13.3 Å². The van der Waals surface area contributed by atoms with Crippen LogP contribution in [0.3, 0.4) is 0 Å². The minimum Gasteiger partial charge on any atom is -0.495 e. The molecule has 5 nitrogen and oxygen atoms in total. The molecule has 6 heteroatoms. The van der Waals surface area contributed by atoms with Gasteiger partial charge in [-0.1, -0.05) is 35.9 Å². The van der Waals surface area contributed by atoms with Gasteiger partial charge in [-0.15, -0.1) is 0 Å². The van der Waals surface area contributed by atoms with Crippen molar-refractivity contribution in [3.05, 3.63) is 76.9 Å². The summed E-state index contributed by atoms with van der Waals surface area (Å²) < 4.78 is 5.14. The molecule has 0 atom stereocenters. The quantitative estimate of drug-likeness (QED) is 0.632. The van der Waals surface area contributed by atoms with Crippen molar-refractivity contribution in [2.24, 2.45) is 0 Å². The number of amides is 1. The van der Waals surface area contributed by atoms with E-state index >= 15 is 0 Å². The maximum atomic E-state index is 12.2. The molecule has 0 aliphatic rings. The Balaban J connectivity index is 1.61. The zero-order valence-corrected chi connectivity index (χ0v) is 15.9. The second-order valence-electron chi connectivity index (χ2n) is 6.06. The molecule has 1 aromatic heterocycles. The van der Waals surface area contributed by atoms with E-state index in [0.29, 0.717) is 23.0 Å². The molecule has 27 heavy (non-hydrogen) atoms. The Bertz CT molecular complexity index is 942. The Morgan fingerprint density at radius 2 is 1.89 bits per heavy atom. The van der Waals surface area contributed by atoms with Gasteiger partial charge in [-0.3, -0.25) is 4.79 Å². The molecule has 0 spiro atoms. The van der Waals surface area contributed by atoms with E-state index in [1.165, 1.54) is 0 Å². The third kappa shape index (κ3) is 4.99. The number of anilines is 3. The number of aromatic nitrogens is 1. The largest absolute Gasteiger partial charge is 0.495 e. The van der Waals surface area contributed by atoms with Crippen LogP contribution in [0.25, 0.3) is 0 Å². The Morgan fingerprint density at radius 1 is 1.11 bits per heavy atom. The molecule has 0 saturated heterocycles. The first-order valence-electron chi connectivity index (χ1n) is 8.46. The number of hydrogen-bond donors (Lipinski definition) is 2. The van der Waals surface area contributed by atoms with Crippen molar-refractivity contribution < 1.29 is 9.53 Å². The van der Waals surface area contributed by atoms with Crippen molar-refractivity contribution in [3.63, 3.8) is 0 Å². The molecule has 0 unspecified atom stereocenters. The smallest absolute Gasteiger partial charge is 0.229 e. The monoisotopic (exact) mass is 381 g/mol. The fourth-order valence-corrected chi connectivity index (χ4v) is 2.88. The lowest BCUT2D eigenvalue weighted by Gasteiger charge is -2.10. The fraction of sp³-hybridized carbons (Fsp3) is 0.143. The van der Waals surface area contributed by atoms with Gasteiger partial charge in [-0.25, -0.2) is 4.98 Å². The summed E-state index contributed by atoms with van der Waals surface area (Å²) in [5.41, 5.74) is 3.70. The number of nitrogens with one attached hydrogen (secondary N) is 2. The minimum atomic E-state index is -0.0977. The summed E-state index contributed by atoms with van der Waals surface area (Å²) in [5.74, 6) is 1.03. The topological polar surface area (TPSA) is 63.2 Å². The van der Waals surface area contributed by atoms with Gasteiger partial charge in [0.1, 0.15) is 11.6 Å². The molecule has 0 aliphatic heterocycles. The Morgan fingerprint density at radius 3 is 2.56 bits per heavy atom. The summed E-state index contributed by atoms with van der Waals surface area (Å²) in [6.07, 6.45) is 1.97. The zero-order valence-electron chi connectivity index (χ0n) is 15.1. The van der Waals surface area contributed by atoms with Gasteiger partial charge in [0, 0.05) is 5.69 Å². The molecule has 0 saturated carbocycles. The van der Waals surface area contributed by atoms with E-state index < -0.39 is 0 Å². The lowest BCUT2D eigenvalue weighted by molar-refractivity contribution is -0.115. The number of carbonyl (C=O) groups excluding carboxylic acids is 1. The number of benzene rings is 2. The van der Waals surface area contributed by atoms with E-state index in [4.69, 9.17) is 16.3 Å². The summed E-state index contributed by atoms with van der Waals surface area (Å²) in [7, 11) is 1.57. The van der Waals surface area contributed by atoms with Crippen LogP contribution in [-0.4, -0.2) is 18.0 Å². The van der Waals surface area contributed by atoms with Crippen LogP contribution in [0.2, 0.25) is 5.02 Å². The van der Waals surface area contributed by atoms with E-state index in [-0.39, 0.29) is 5.91 Å². The Kier molecular flexibility index (Phi) is 5.94. The number of carbonyl (C=O) groups is 1.